The van der Waals surface area contributed by atoms with Gasteiger partial charge in [0.1, 0.15) is 11.1 Å². The van der Waals surface area contributed by atoms with Gasteiger partial charge in [0.05, 0.1) is 7.11 Å². The van der Waals surface area contributed by atoms with E-state index < -0.39 is 0 Å². The number of H-pyrrole nitrogens is 1. The fraction of sp³-hybridized carbons (Fsp3) is 0.263. The Kier molecular flexibility index (Phi) is 3.12. The van der Waals surface area contributed by atoms with Crippen molar-refractivity contribution in [3.05, 3.63) is 52.7 Å². The standard InChI is InChI=1S/C19H17N5O2/c1-11-20-19-21-15-8-9-23(13-6-7-13)18(25)16(15)17(24(19)22-11)12-4-3-5-14(10-12)26-2/h3-5,8-10,13H,6-7H2,1-2H3/p+1. The zero-order valence-electron chi connectivity index (χ0n) is 14.6. The first kappa shape index (κ1) is 15.1. The Morgan fingerprint density at radius 3 is 2.88 bits per heavy atom. The molecule has 0 amide bonds. The number of aromatic amines is 1. The maximum Gasteiger partial charge on any atom is 0.458 e. The molecule has 7 nitrogen and oxygen atoms in total. The van der Waals surface area contributed by atoms with Gasteiger partial charge >= 0.3 is 5.78 Å². The molecule has 0 bridgehead atoms. The minimum Gasteiger partial charge on any atom is -0.497 e. The van der Waals surface area contributed by atoms with Crippen LogP contribution in [0.5, 0.6) is 5.75 Å². The third-order valence-electron chi connectivity index (χ3n) is 4.80. The number of pyridine rings is 1. The lowest BCUT2D eigenvalue weighted by molar-refractivity contribution is -0.567. The Morgan fingerprint density at radius 1 is 1.27 bits per heavy atom. The van der Waals surface area contributed by atoms with Gasteiger partial charge in [0.15, 0.2) is 11.2 Å². The molecule has 3 aromatic heterocycles. The molecule has 1 aromatic carbocycles. The second kappa shape index (κ2) is 5.39. The zero-order chi connectivity index (χ0) is 17.8. The van der Waals surface area contributed by atoms with Crippen LogP contribution >= 0.6 is 0 Å². The first-order chi connectivity index (χ1) is 12.7. The molecule has 1 aliphatic carbocycles. The Morgan fingerprint density at radius 2 is 2.12 bits per heavy atom. The topological polar surface area (TPSA) is 76.9 Å². The van der Waals surface area contributed by atoms with E-state index in [1.807, 2.05) is 48.0 Å². The number of nitrogens with zero attached hydrogens (tertiary/aromatic N) is 4. The molecule has 0 radical (unpaired) electrons. The van der Waals surface area contributed by atoms with Gasteiger partial charge in [-0.1, -0.05) is 22.1 Å². The highest BCUT2D eigenvalue weighted by Crippen LogP contribution is 2.34. The normalized spacial score (nSPS) is 14.2. The SMILES string of the molecule is COc1cccc(-c2c3c(=O)n(C4CC4)ccc3nc3nc(C)[nH][n+]23)c1. The van der Waals surface area contributed by atoms with Crippen molar-refractivity contribution in [2.75, 3.05) is 7.11 Å². The lowest BCUT2D eigenvalue weighted by atomic mass is 10.1. The van der Waals surface area contributed by atoms with Gasteiger partial charge in [-0.05, 0) is 31.0 Å². The number of aromatic nitrogens is 5. The molecule has 1 saturated carbocycles. The Labute approximate surface area is 148 Å². The predicted molar refractivity (Wildman–Crippen MR) is 96.3 cm³/mol. The molecule has 0 spiro atoms. The summed E-state index contributed by atoms with van der Waals surface area (Å²) in [6.45, 7) is 1.87. The number of methoxy groups -OCH3 is 1. The molecule has 0 saturated heterocycles. The second-order valence-electron chi connectivity index (χ2n) is 6.66. The van der Waals surface area contributed by atoms with E-state index in [0.29, 0.717) is 22.7 Å². The average Bonchev–Trinajstić information content (AvgIpc) is 3.41. The molecule has 1 N–H and O–H groups in total. The largest absolute Gasteiger partial charge is 0.497 e. The summed E-state index contributed by atoms with van der Waals surface area (Å²) in [6, 6.07) is 9.89. The van der Waals surface area contributed by atoms with Crippen LogP contribution < -0.4 is 14.8 Å². The lowest BCUT2D eigenvalue weighted by Gasteiger charge is -2.08. The summed E-state index contributed by atoms with van der Waals surface area (Å²) in [6.07, 6.45) is 3.94. The van der Waals surface area contributed by atoms with Gasteiger partial charge in [0, 0.05) is 24.7 Å². The first-order valence-electron chi connectivity index (χ1n) is 8.63. The molecule has 7 heteroatoms. The van der Waals surface area contributed by atoms with Crippen molar-refractivity contribution in [1.29, 1.82) is 0 Å². The van der Waals surface area contributed by atoms with E-state index >= 15 is 0 Å². The summed E-state index contributed by atoms with van der Waals surface area (Å²) < 4.78 is 8.98. The number of hydrogen-bond acceptors (Lipinski definition) is 4. The van der Waals surface area contributed by atoms with Crippen molar-refractivity contribution >= 4 is 16.7 Å². The molecule has 0 unspecified atom stereocenters. The number of rotatable bonds is 3. The number of hydrogen-bond donors (Lipinski definition) is 1. The molecular weight excluding hydrogens is 330 g/mol. The van der Waals surface area contributed by atoms with E-state index in [4.69, 9.17) is 4.74 Å². The fourth-order valence-electron chi connectivity index (χ4n) is 3.43. The molecular formula is C19H18N5O2+. The predicted octanol–water partition coefficient (Wildman–Crippen LogP) is 2.18. The Hall–Kier alpha value is -3.22. The maximum atomic E-state index is 13.3. The zero-order valence-corrected chi connectivity index (χ0v) is 14.6. The average molecular weight is 348 g/mol. The van der Waals surface area contributed by atoms with Crippen LogP contribution in [0.4, 0.5) is 0 Å². The quantitative estimate of drug-likeness (QED) is 0.576. The van der Waals surface area contributed by atoms with Crippen LogP contribution in [0.1, 0.15) is 24.7 Å². The summed E-state index contributed by atoms with van der Waals surface area (Å²) >= 11 is 0. The van der Waals surface area contributed by atoms with Gasteiger partial charge in [-0.2, -0.15) is 0 Å². The van der Waals surface area contributed by atoms with Gasteiger partial charge < -0.3 is 9.30 Å². The highest BCUT2D eigenvalue weighted by atomic mass is 16.5. The summed E-state index contributed by atoms with van der Waals surface area (Å²) in [5.41, 5.74) is 2.26. The summed E-state index contributed by atoms with van der Waals surface area (Å²) in [5, 5.41) is 3.79. The number of aryl methyl sites for hydroxylation is 1. The summed E-state index contributed by atoms with van der Waals surface area (Å²) in [7, 11) is 1.63. The molecule has 1 aliphatic rings. The highest BCUT2D eigenvalue weighted by Gasteiger charge is 2.29. The van der Waals surface area contributed by atoms with E-state index in [-0.39, 0.29) is 5.56 Å². The highest BCUT2D eigenvalue weighted by molar-refractivity contribution is 5.90. The first-order valence-corrected chi connectivity index (χ1v) is 8.63. The third-order valence-corrected chi connectivity index (χ3v) is 4.80. The molecule has 130 valence electrons. The van der Waals surface area contributed by atoms with E-state index in [9.17, 15) is 4.79 Å². The minimum atomic E-state index is -0.0167. The number of nitrogens with one attached hydrogen (secondary N) is 1. The Bertz CT molecular complexity index is 1220. The molecule has 26 heavy (non-hydrogen) atoms. The van der Waals surface area contributed by atoms with E-state index in [2.05, 4.69) is 15.1 Å². The number of ether oxygens (including phenoxy) is 1. The van der Waals surface area contributed by atoms with Crippen LogP contribution in [0, 0.1) is 6.92 Å². The van der Waals surface area contributed by atoms with E-state index in [0.717, 1.165) is 35.7 Å². The lowest BCUT2D eigenvalue weighted by Crippen LogP contribution is -2.31. The smallest absolute Gasteiger partial charge is 0.458 e. The number of benzene rings is 1. The van der Waals surface area contributed by atoms with E-state index in [1.165, 1.54) is 0 Å². The van der Waals surface area contributed by atoms with Crippen molar-refractivity contribution < 1.29 is 9.25 Å². The van der Waals surface area contributed by atoms with Crippen molar-refractivity contribution in [3.8, 4) is 17.0 Å². The second-order valence-corrected chi connectivity index (χ2v) is 6.66. The van der Waals surface area contributed by atoms with Crippen molar-refractivity contribution in [1.82, 2.24) is 19.6 Å². The van der Waals surface area contributed by atoms with Crippen molar-refractivity contribution in [2.24, 2.45) is 0 Å². The van der Waals surface area contributed by atoms with Gasteiger partial charge in [0.25, 0.3) is 5.56 Å². The van der Waals surface area contributed by atoms with Gasteiger partial charge in [-0.25, -0.2) is 5.10 Å². The molecule has 5 rings (SSSR count). The van der Waals surface area contributed by atoms with Gasteiger partial charge in [-0.3, -0.25) is 4.79 Å². The summed E-state index contributed by atoms with van der Waals surface area (Å²) in [5.74, 6) is 2.01. The van der Waals surface area contributed by atoms with Crippen LogP contribution in [0.15, 0.2) is 41.3 Å². The van der Waals surface area contributed by atoms with Crippen LogP contribution in [0.2, 0.25) is 0 Å². The molecule has 4 aromatic rings. The van der Waals surface area contributed by atoms with Crippen LogP contribution in [0.3, 0.4) is 0 Å². The Balaban J connectivity index is 1.95. The maximum absolute atomic E-state index is 13.3. The molecule has 0 aliphatic heterocycles. The number of fused-ring (bicyclic) bond motifs is 2. The van der Waals surface area contributed by atoms with Crippen LogP contribution in [-0.4, -0.2) is 26.7 Å². The van der Waals surface area contributed by atoms with Gasteiger partial charge in [-0.15, -0.1) is 4.52 Å². The van der Waals surface area contributed by atoms with Crippen molar-refractivity contribution in [2.45, 2.75) is 25.8 Å². The van der Waals surface area contributed by atoms with E-state index in [1.54, 1.807) is 11.6 Å². The van der Waals surface area contributed by atoms with Crippen LogP contribution in [-0.2, 0) is 0 Å². The molecule has 0 atom stereocenters. The third kappa shape index (κ3) is 2.20. The van der Waals surface area contributed by atoms with Gasteiger partial charge in [0.2, 0.25) is 5.82 Å². The summed E-state index contributed by atoms with van der Waals surface area (Å²) in [4.78, 5) is 22.3. The van der Waals surface area contributed by atoms with Crippen LogP contribution in [0.25, 0.3) is 27.9 Å². The molecule has 1 fully saturated rings. The fourth-order valence-corrected chi connectivity index (χ4v) is 3.43. The van der Waals surface area contributed by atoms with Crippen molar-refractivity contribution in [3.63, 3.8) is 0 Å². The minimum absolute atomic E-state index is 0.0167. The molecule has 3 heterocycles. The monoisotopic (exact) mass is 348 g/mol.